The molecule has 1 aromatic rings. The van der Waals surface area contributed by atoms with Gasteiger partial charge in [-0.05, 0) is 41.5 Å². The highest BCUT2D eigenvalue weighted by atomic mass is 127. The molecule has 0 radical (unpaired) electrons. The van der Waals surface area contributed by atoms with E-state index in [-0.39, 0.29) is 0 Å². The zero-order chi connectivity index (χ0) is 10.2. The number of alkyl halides is 1. The van der Waals surface area contributed by atoms with Crippen molar-refractivity contribution < 1.29 is 5.11 Å². The van der Waals surface area contributed by atoms with Gasteiger partial charge in [0, 0.05) is 6.54 Å². The zero-order valence-corrected chi connectivity index (χ0v) is 10.3. The Balaban J connectivity index is 2.18. The molecule has 0 aliphatic heterocycles. The van der Waals surface area contributed by atoms with Crippen molar-refractivity contribution in [3.8, 4) is 5.75 Å². The van der Waals surface area contributed by atoms with E-state index >= 15 is 0 Å². The Bertz CT molecular complexity index is 265. The number of nitrogens with one attached hydrogen (secondary N) is 1. The molecule has 2 N–H and O–H groups in total. The Kier molecular flexibility index (Phi) is 5.94. The highest BCUT2D eigenvalue weighted by Crippen LogP contribution is 2.10. The van der Waals surface area contributed by atoms with E-state index < -0.39 is 0 Å². The largest absolute Gasteiger partial charge is 0.508 e. The molecule has 2 nitrogen and oxygen atoms in total. The molecule has 0 aliphatic carbocycles. The number of hydrogen-bond acceptors (Lipinski definition) is 2. The molecule has 0 heterocycles. The molecule has 14 heavy (non-hydrogen) atoms. The molecule has 0 saturated heterocycles. The zero-order valence-electron chi connectivity index (χ0n) is 8.17. The fourth-order valence-electron chi connectivity index (χ4n) is 1.24. The molecular weight excluding hydrogens is 289 g/mol. The summed E-state index contributed by atoms with van der Waals surface area (Å²) in [7, 11) is 0. The van der Waals surface area contributed by atoms with Gasteiger partial charge in [-0.15, -0.1) is 0 Å². The summed E-state index contributed by atoms with van der Waals surface area (Å²) in [5.41, 5.74) is 1.14. The van der Waals surface area contributed by atoms with Gasteiger partial charge < -0.3 is 10.4 Å². The third kappa shape index (κ3) is 4.81. The molecule has 0 aromatic heterocycles. The molecule has 1 aromatic carbocycles. The highest BCUT2D eigenvalue weighted by molar-refractivity contribution is 14.1. The summed E-state index contributed by atoms with van der Waals surface area (Å²) in [4.78, 5) is 0. The number of hydrogen-bond donors (Lipinski definition) is 2. The van der Waals surface area contributed by atoms with Crippen molar-refractivity contribution in [2.45, 2.75) is 19.4 Å². The Morgan fingerprint density at radius 2 is 2.14 bits per heavy atom. The fraction of sp³-hybridized carbons (Fsp3) is 0.455. The van der Waals surface area contributed by atoms with Gasteiger partial charge in [-0.25, -0.2) is 0 Å². The predicted molar refractivity (Wildman–Crippen MR) is 67.9 cm³/mol. The molecular formula is C11H16INO. The third-order valence-electron chi connectivity index (χ3n) is 1.98. The van der Waals surface area contributed by atoms with Crippen LogP contribution >= 0.6 is 22.6 Å². The van der Waals surface area contributed by atoms with Crippen LogP contribution in [0.5, 0.6) is 5.75 Å². The van der Waals surface area contributed by atoms with Gasteiger partial charge in [-0.2, -0.15) is 0 Å². The van der Waals surface area contributed by atoms with Crippen molar-refractivity contribution in [2.24, 2.45) is 0 Å². The van der Waals surface area contributed by atoms with Crippen molar-refractivity contribution in [1.29, 1.82) is 0 Å². The van der Waals surface area contributed by atoms with Crippen LogP contribution in [0.3, 0.4) is 0 Å². The van der Waals surface area contributed by atoms with Gasteiger partial charge in [0.05, 0.1) is 0 Å². The number of phenolic OH excluding ortho intramolecular Hbond substituents is 1. The first kappa shape index (κ1) is 11.8. The maximum Gasteiger partial charge on any atom is 0.115 e. The lowest BCUT2D eigenvalue weighted by atomic mass is 10.2. The number of benzene rings is 1. The Morgan fingerprint density at radius 3 is 2.86 bits per heavy atom. The van der Waals surface area contributed by atoms with Gasteiger partial charge in [-0.3, -0.25) is 0 Å². The minimum absolute atomic E-state index is 0.344. The summed E-state index contributed by atoms with van der Waals surface area (Å²) in [5, 5.41) is 12.6. The van der Waals surface area contributed by atoms with Gasteiger partial charge in [0.15, 0.2) is 0 Å². The summed E-state index contributed by atoms with van der Waals surface area (Å²) >= 11 is 2.39. The monoisotopic (exact) mass is 305 g/mol. The molecule has 0 atom stereocenters. The minimum Gasteiger partial charge on any atom is -0.508 e. The fourth-order valence-corrected chi connectivity index (χ4v) is 1.78. The quantitative estimate of drug-likeness (QED) is 0.481. The van der Waals surface area contributed by atoms with E-state index in [1.165, 1.54) is 17.3 Å². The van der Waals surface area contributed by atoms with E-state index in [4.69, 9.17) is 0 Å². The smallest absolute Gasteiger partial charge is 0.115 e. The second-order valence-electron chi connectivity index (χ2n) is 3.24. The Hall–Kier alpha value is -0.290. The SMILES string of the molecule is Oc1cccc(CNCCCCI)c1. The van der Waals surface area contributed by atoms with Crippen LogP contribution in [0.1, 0.15) is 18.4 Å². The normalized spacial score (nSPS) is 10.4. The first-order valence-electron chi connectivity index (χ1n) is 4.87. The van der Waals surface area contributed by atoms with Crippen LogP contribution < -0.4 is 5.32 Å². The predicted octanol–water partition coefficient (Wildman–Crippen LogP) is 2.70. The first-order valence-corrected chi connectivity index (χ1v) is 6.40. The Morgan fingerprint density at radius 1 is 1.29 bits per heavy atom. The van der Waals surface area contributed by atoms with Crippen LogP contribution in [-0.4, -0.2) is 16.1 Å². The average Bonchev–Trinajstić information content (AvgIpc) is 2.18. The molecule has 0 aliphatic rings. The van der Waals surface area contributed by atoms with Gasteiger partial charge >= 0.3 is 0 Å². The lowest BCUT2D eigenvalue weighted by Crippen LogP contribution is -2.14. The van der Waals surface area contributed by atoms with E-state index in [9.17, 15) is 5.11 Å². The van der Waals surface area contributed by atoms with E-state index in [0.717, 1.165) is 18.7 Å². The third-order valence-corrected chi connectivity index (χ3v) is 2.74. The summed E-state index contributed by atoms with van der Waals surface area (Å²) in [6, 6.07) is 7.38. The summed E-state index contributed by atoms with van der Waals surface area (Å²) in [5.74, 6) is 0.344. The van der Waals surface area contributed by atoms with Crippen LogP contribution in [0.2, 0.25) is 0 Å². The topological polar surface area (TPSA) is 32.3 Å². The summed E-state index contributed by atoms with van der Waals surface area (Å²) < 4.78 is 1.23. The number of unbranched alkanes of at least 4 members (excludes halogenated alkanes) is 1. The van der Waals surface area contributed by atoms with Crippen LogP contribution in [0.4, 0.5) is 0 Å². The molecule has 0 bridgehead atoms. The number of rotatable bonds is 6. The van der Waals surface area contributed by atoms with Crippen LogP contribution in [0, 0.1) is 0 Å². The van der Waals surface area contributed by atoms with E-state index in [2.05, 4.69) is 27.9 Å². The standard InChI is InChI=1S/C11H16INO/c12-6-1-2-7-13-9-10-4-3-5-11(14)8-10/h3-5,8,13-14H,1-2,6-7,9H2. The molecule has 0 spiro atoms. The molecule has 3 heteroatoms. The van der Waals surface area contributed by atoms with Crippen LogP contribution in [0.15, 0.2) is 24.3 Å². The van der Waals surface area contributed by atoms with Crippen molar-refractivity contribution >= 4 is 22.6 Å². The maximum atomic E-state index is 9.23. The van der Waals surface area contributed by atoms with Crippen molar-refractivity contribution in [1.82, 2.24) is 5.32 Å². The maximum absolute atomic E-state index is 9.23. The van der Waals surface area contributed by atoms with Crippen LogP contribution in [0.25, 0.3) is 0 Å². The number of aromatic hydroxyl groups is 1. The molecule has 0 amide bonds. The molecule has 78 valence electrons. The summed E-state index contributed by atoms with van der Waals surface area (Å²) in [6.45, 7) is 1.90. The minimum atomic E-state index is 0.344. The lowest BCUT2D eigenvalue weighted by molar-refractivity contribution is 0.474. The van der Waals surface area contributed by atoms with E-state index in [1.54, 1.807) is 12.1 Å². The first-order chi connectivity index (χ1) is 6.83. The molecule has 1 rings (SSSR count). The molecule has 0 saturated carbocycles. The van der Waals surface area contributed by atoms with Gasteiger partial charge in [-0.1, -0.05) is 34.7 Å². The summed E-state index contributed by atoms with van der Waals surface area (Å²) in [6.07, 6.45) is 2.50. The van der Waals surface area contributed by atoms with Gasteiger partial charge in [0.1, 0.15) is 5.75 Å². The van der Waals surface area contributed by atoms with E-state index in [1.807, 2.05) is 12.1 Å². The van der Waals surface area contributed by atoms with Crippen molar-refractivity contribution in [2.75, 3.05) is 11.0 Å². The van der Waals surface area contributed by atoms with E-state index in [0.29, 0.717) is 5.75 Å². The second-order valence-corrected chi connectivity index (χ2v) is 4.32. The van der Waals surface area contributed by atoms with Crippen molar-refractivity contribution in [3.63, 3.8) is 0 Å². The van der Waals surface area contributed by atoms with Gasteiger partial charge in [0.25, 0.3) is 0 Å². The van der Waals surface area contributed by atoms with Crippen LogP contribution in [-0.2, 0) is 6.54 Å². The second kappa shape index (κ2) is 7.06. The van der Waals surface area contributed by atoms with Crippen molar-refractivity contribution in [3.05, 3.63) is 29.8 Å². The molecule has 0 fully saturated rings. The average molecular weight is 305 g/mol. The number of halogens is 1. The highest BCUT2D eigenvalue weighted by Gasteiger charge is 1.93. The lowest BCUT2D eigenvalue weighted by Gasteiger charge is -2.04. The van der Waals surface area contributed by atoms with Gasteiger partial charge in [0.2, 0.25) is 0 Å². The Labute approximate surface area is 98.9 Å². The number of phenols is 1. The molecule has 0 unspecified atom stereocenters.